The smallest absolute Gasteiger partial charge is 0.253 e. The van der Waals surface area contributed by atoms with Crippen LogP contribution < -0.4 is 10.1 Å². The van der Waals surface area contributed by atoms with Crippen molar-refractivity contribution in [3.63, 3.8) is 0 Å². The van der Waals surface area contributed by atoms with Gasteiger partial charge in [0, 0.05) is 24.7 Å². The molecule has 1 aromatic carbocycles. The van der Waals surface area contributed by atoms with Crippen LogP contribution in [0, 0.1) is 0 Å². The van der Waals surface area contributed by atoms with Gasteiger partial charge in [0.1, 0.15) is 5.75 Å². The van der Waals surface area contributed by atoms with E-state index in [0.717, 1.165) is 43.7 Å². The Hall–Kier alpha value is -1.26. The molecule has 0 saturated carbocycles. The van der Waals surface area contributed by atoms with E-state index in [-0.39, 0.29) is 24.4 Å². The van der Waals surface area contributed by atoms with Gasteiger partial charge >= 0.3 is 0 Å². The van der Waals surface area contributed by atoms with Crippen LogP contribution in [0.1, 0.15) is 43.5 Å². The van der Waals surface area contributed by atoms with Crippen molar-refractivity contribution in [1.29, 1.82) is 0 Å². The molecule has 2 rings (SSSR count). The van der Waals surface area contributed by atoms with Crippen LogP contribution in [0.3, 0.4) is 0 Å². The van der Waals surface area contributed by atoms with Crippen LogP contribution in [0.15, 0.2) is 24.3 Å². The van der Waals surface area contributed by atoms with E-state index in [9.17, 15) is 4.79 Å². The normalized spacial score (nSPS) is 16.8. The molecule has 1 unspecified atom stereocenters. The lowest BCUT2D eigenvalue weighted by Crippen LogP contribution is -2.43. The SMILES string of the molecule is CCC(C)Oc1ccc(C(=O)N2CCC(NC)CC2)cc1.Cl. The van der Waals surface area contributed by atoms with Crippen molar-refractivity contribution in [2.24, 2.45) is 0 Å². The third kappa shape index (κ3) is 4.89. The van der Waals surface area contributed by atoms with Gasteiger partial charge < -0.3 is 15.0 Å². The number of ether oxygens (including phenoxy) is 1. The number of carbonyl (C=O) groups is 1. The van der Waals surface area contributed by atoms with Crippen molar-refractivity contribution in [1.82, 2.24) is 10.2 Å². The van der Waals surface area contributed by atoms with Crippen molar-refractivity contribution < 1.29 is 9.53 Å². The van der Waals surface area contributed by atoms with Crippen molar-refractivity contribution >= 4 is 18.3 Å². The fraction of sp³-hybridized carbons (Fsp3) is 0.588. The molecule has 4 nitrogen and oxygen atoms in total. The van der Waals surface area contributed by atoms with E-state index in [1.165, 1.54) is 0 Å². The predicted molar refractivity (Wildman–Crippen MR) is 92.1 cm³/mol. The Morgan fingerprint density at radius 1 is 1.32 bits per heavy atom. The van der Waals surface area contributed by atoms with Crippen LogP contribution >= 0.6 is 12.4 Å². The number of piperidine rings is 1. The summed E-state index contributed by atoms with van der Waals surface area (Å²) < 4.78 is 5.74. The number of carbonyl (C=O) groups excluding carboxylic acids is 1. The van der Waals surface area contributed by atoms with Gasteiger partial charge in [-0.1, -0.05) is 6.92 Å². The molecule has 124 valence electrons. The summed E-state index contributed by atoms with van der Waals surface area (Å²) in [6, 6.07) is 8.05. The summed E-state index contributed by atoms with van der Waals surface area (Å²) in [6.07, 6.45) is 3.22. The van der Waals surface area contributed by atoms with E-state index < -0.39 is 0 Å². The Kier molecular flexibility index (Phi) is 7.69. The van der Waals surface area contributed by atoms with E-state index in [2.05, 4.69) is 12.2 Å². The highest BCUT2D eigenvalue weighted by molar-refractivity contribution is 5.94. The van der Waals surface area contributed by atoms with Crippen molar-refractivity contribution in [2.75, 3.05) is 20.1 Å². The molecule has 1 aliphatic rings. The Morgan fingerprint density at radius 3 is 2.41 bits per heavy atom. The Bertz CT molecular complexity index is 456. The molecule has 1 fully saturated rings. The summed E-state index contributed by atoms with van der Waals surface area (Å²) in [5, 5.41) is 3.28. The first kappa shape index (κ1) is 18.8. The molecule has 1 amide bonds. The summed E-state index contributed by atoms with van der Waals surface area (Å²) in [6.45, 7) is 5.80. The summed E-state index contributed by atoms with van der Waals surface area (Å²) in [4.78, 5) is 14.4. The monoisotopic (exact) mass is 326 g/mol. The molecule has 0 radical (unpaired) electrons. The van der Waals surface area contributed by atoms with E-state index in [1.54, 1.807) is 0 Å². The van der Waals surface area contributed by atoms with Gasteiger partial charge in [-0.2, -0.15) is 0 Å². The van der Waals surface area contributed by atoms with Gasteiger partial charge in [-0.15, -0.1) is 12.4 Å². The average Bonchev–Trinajstić information content (AvgIpc) is 2.55. The average molecular weight is 327 g/mol. The van der Waals surface area contributed by atoms with Gasteiger partial charge in [-0.3, -0.25) is 4.79 Å². The minimum Gasteiger partial charge on any atom is -0.491 e. The maximum absolute atomic E-state index is 12.4. The highest BCUT2D eigenvalue weighted by Gasteiger charge is 2.22. The van der Waals surface area contributed by atoms with Crippen LogP contribution in [0.4, 0.5) is 0 Å². The molecule has 0 aliphatic carbocycles. The highest BCUT2D eigenvalue weighted by atomic mass is 35.5. The molecule has 1 aromatic rings. The lowest BCUT2D eigenvalue weighted by atomic mass is 10.0. The number of hydrogen-bond acceptors (Lipinski definition) is 3. The zero-order chi connectivity index (χ0) is 15.2. The van der Waals surface area contributed by atoms with Crippen LogP contribution in [0.25, 0.3) is 0 Å². The van der Waals surface area contributed by atoms with Crippen LogP contribution in [0.2, 0.25) is 0 Å². The zero-order valence-electron chi connectivity index (χ0n) is 13.7. The summed E-state index contributed by atoms with van der Waals surface area (Å²) in [5.41, 5.74) is 0.745. The van der Waals surface area contributed by atoms with E-state index in [0.29, 0.717) is 6.04 Å². The van der Waals surface area contributed by atoms with Crippen molar-refractivity contribution in [3.05, 3.63) is 29.8 Å². The number of amides is 1. The number of likely N-dealkylation sites (tertiary alicyclic amines) is 1. The lowest BCUT2D eigenvalue weighted by molar-refractivity contribution is 0.0707. The third-order valence-electron chi connectivity index (χ3n) is 4.20. The van der Waals surface area contributed by atoms with Gasteiger partial charge in [0.2, 0.25) is 0 Å². The molecular weight excluding hydrogens is 300 g/mol. The number of hydrogen-bond donors (Lipinski definition) is 1. The molecule has 0 aromatic heterocycles. The first-order chi connectivity index (χ1) is 10.1. The minimum atomic E-state index is 0. The maximum Gasteiger partial charge on any atom is 0.253 e. The molecule has 1 N–H and O–H groups in total. The number of nitrogens with zero attached hydrogens (tertiary/aromatic N) is 1. The molecule has 22 heavy (non-hydrogen) atoms. The first-order valence-electron chi connectivity index (χ1n) is 7.87. The standard InChI is InChI=1S/C17H26N2O2.ClH/c1-4-13(2)21-16-7-5-14(6-8-16)17(20)19-11-9-15(18-3)10-12-19;/h5-8,13,15,18H,4,9-12H2,1-3H3;1H. The molecule has 0 spiro atoms. The van der Waals surface area contributed by atoms with E-state index in [4.69, 9.17) is 4.74 Å². The number of halogens is 1. The molecule has 1 aliphatic heterocycles. The molecular formula is C17H27ClN2O2. The summed E-state index contributed by atoms with van der Waals surface area (Å²) in [7, 11) is 1.98. The van der Waals surface area contributed by atoms with Crippen molar-refractivity contribution in [3.8, 4) is 5.75 Å². The fourth-order valence-electron chi connectivity index (χ4n) is 2.55. The van der Waals surface area contributed by atoms with Gasteiger partial charge in [-0.25, -0.2) is 0 Å². The van der Waals surface area contributed by atoms with Gasteiger partial charge in [0.05, 0.1) is 6.10 Å². The Balaban J connectivity index is 0.00000242. The van der Waals surface area contributed by atoms with Gasteiger partial charge in [0.25, 0.3) is 5.91 Å². The molecule has 0 bridgehead atoms. The van der Waals surface area contributed by atoms with Gasteiger partial charge in [0.15, 0.2) is 0 Å². The Morgan fingerprint density at radius 2 is 1.91 bits per heavy atom. The van der Waals surface area contributed by atoms with E-state index >= 15 is 0 Å². The number of rotatable bonds is 5. The summed E-state index contributed by atoms with van der Waals surface area (Å²) >= 11 is 0. The first-order valence-corrected chi connectivity index (χ1v) is 7.87. The topological polar surface area (TPSA) is 41.6 Å². The van der Waals surface area contributed by atoms with Crippen molar-refractivity contribution in [2.45, 2.75) is 45.3 Å². The molecule has 1 saturated heterocycles. The van der Waals surface area contributed by atoms with Crippen LogP contribution in [-0.2, 0) is 0 Å². The minimum absolute atomic E-state index is 0. The fourth-order valence-corrected chi connectivity index (χ4v) is 2.55. The predicted octanol–water partition coefficient (Wildman–Crippen LogP) is 3.11. The Labute approximate surface area is 139 Å². The molecule has 1 atom stereocenters. The summed E-state index contributed by atoms with van der Waals surface area (Å²) in [5.74, 6) is 0.953. The van der Waals surface area contributed by atoms with Gasteiger partial charge in [-0.05, 0) is 57.5 Å². The highest BCUT2D eigenvalue weighted by Crippen LogP contribution is 2.18. The number of nitrogens with one attached hydrogen (secondary N) is 1. The zero-order valence-corrected chi connectivity index (χ0v) is 14.5. The lowest BCUT2D eigenvalue weighted by Gasteiger charge is -2.31. The second kappa shape index (κ2) is 9.01. The second-order valence-electron chi connectivity index (χ2n) is 5.72. The largest absolute Gasteiger partial charge is 0.491 e. The maximum atomic E-state index is 12.4. The van der Waals surface area contributed by atoms with Crippen LogP contribution in [0.5, 0.6) is 5.75 Å². The van der Waals surface area contributed by atoms with Crippen LogP contribution in [-0.4, -0.2) is 43.1 Å². The molecule has 1 heterocycles. The molecule has 5 heteroatoms. The second-order valence-corrected chi connectivity index (χ2v) is 5.72. The van der Waals surface area contributed by atoms with E-state index in [1.807, 2.05) is 43.1 Å². The quantitative estimate of drug-likeness (QED) is 0.904. The number of benzene rings is 1. The third-order valence-corrected chi connectivity index (χ3v) is 4.20.